The van der Waals surface area contributed by atoms with Gasteiger partial charge in [0.25, 0.3) is 0 Å². The fraction of sp³-hybridized carbons (Fsp3) is 0. The van der Waals surface area contributed by atoms with Crippen LogP contribution in [0.3, 0.4) is 0 Å². The Balaban J connectivity index is 2.65. The van der Waals surface area contributed by atoms with Crippen molar-refractivity contribution >= 4 is 17.6 Å². The number of carboxylic acids is 1. The van der Waals surface area contributed by atoms with Crippen molar-refractivity contribution in [2.75, 3.05) is 0 Å². The van der Waals surface area contributed by atoms with Crippen molar-refractivity contribution in [3.05, 3.63) is 52.8 Å². The van der Waals surface area contributed by atoms with Crippen LogP contribution < -0.4 is 0 Å². The third-order valence-corrected chi connectivity index (χ3v) is 2.71. The van der Waals surface area contributed by atoms with Gasteiger partial charge in [0.15, 0.2) is 11.6 Å². The number of aromatic hydroxyl groups is 1. The SMILES string of the molecule is O=C(O)c1ccc(Cl)cc1-c1ccc(O)c(F)c1. The van der Waals surface area contributed by atoms with E-state index in [1.807, 2.05) is 0 Å². The van der Waals surface area contributed by atoms with Gasteiger partial charge < -0.3 is 10.2 Å². The molecule has 0 atom stereocenters. The second-order valence-corrected chi connectivity index (χ2v) is 4.10. The van der Waals surface area contributed by atoms with Crippen LogP contribution in [0.1, 0.15) is 10.4 Å². The van der Waals surface area contributed by atoms with E-state index in [9.17, 15) is 9.18 Å². The molecule has 3 nitrogen and oxygen atoms in total. The van der Waals surface area contributed by atoms with Crippen LogP contribution in [-0.2, 0) is 0 Å². The van der Waals surface area contributed by atoms with E-state index in [1.54, 1.807) is 0 Å². The molecule has 0 aliphatic rings. The maximum atomic E-state index is 13.3. The van der Waals surface area contributed by atoms with Crippen LogP contribution in [0.2, 0.25) is 5.02 Å². The minimum Gasteiger partial charge on any atom is -0.505 e. The standard InChI is InChI=1S/C13H8ClFO3/c14-8-2-3-9(13(17)18)10(6-8)7-1-4-12(16)11(15)5-7/h1-6,16H,(H,17,18). The predicted octanol–water partition coefficient (Wildman–Crippen LogP) is 3.55. The molecule has 2 aromatic carbocycles. The van der Waals surface area contributed by atoms with E-state index in [4.69, 9.17) is 21.8 Å². The van der Waals surface area contributed by atoms with Gasteiger partial charge in [0, 0.05) is 5.02 Å². The van der Waals surface area contributed by atoms with Gasteiger partial charge in [0.2, 0.25) is 0 Å². The van der Waals surface area contributed by atoms with E-state index < -0.39 is 17.5 Å². The highest BCUT2D eigenvalue weighted by Gasteiger charge is 2.13. The van der Waals surface area contributed by atoms with Crippen molar-refractivity contribution in [1.29, 1.82) is 0 Å². The number of benzene rings is 2. The van der Waals surface area contributed by atoms with E-state index in [0.717, 1.165) is 12.1 Å². The van der Waals surface area contributed by atoms with Crippen LogP contribution in [0.5, 0.6) is 5.75 Å². The Morgan fingerprint density at radius 1 is 1.17 bits per heavy atom. The summed E-state index contributed by atoms with van der Waals surface area (Å²) >= 11 is 5.81. The fourth-order valence-corrected chi connectivity index (χ4v) is 1.79. The summed E-state index contributed by atoms with van der Waals surface area (Å²) in [6.07, 6.45) is 0. The number of carboxylic acid groups (broad SMARTS) is 1. The normalized spacial score (nSPS) is 10.3. The number of aromatic carboxylic acids is 1. The van der Waals surface area contributed by atoms with Gasteiger partial charge in [-0.2, -0.15) is 0 Å². The molecule has 0 amide bonds. The molecule has 0 radical (unpaired) electrons. The molecular weight excluding hydrogens is 259 g/mol. The van der Waals surface area contributed by atoms with Crippen LogP contribution in [0.15, 0.2) is 36.4 Å². The zero-order valence-electron chi connectivity index (χ0n) is 9.02. The molecule has 0 saturated heterocycles. The van der Waals surface area contributed by atoms with E-state index >= 15 is 0 Å². The zero-order chi connectivity index (χ0) is 13.3. The van der Waals surface area contributed by atoms with Crippen LogP contribution in [0, 0.1) is 5.82 Å². The quantitative estimate of drug-likeness (QED) is 0.874. The Labute approximate surface area is 107 Å². The van der Waals surface area contributed by atoms with E-state index in [2.05, 4.69) is 0 Å². The van der Waals surface area contributed by atoms with Crippen molar-refractivity contribution in [1.82, 2.24) is 0 Å². The van der Waals surface area contributed by atoms with Gasteiger partial charge in [0.1, 0.15) is 0 Å². The molecule has 5 heteroatoms. The lowest BCUT2D eigenvalue weighted by atomic mass is 9.99. The second-order valence-electron chi connectivity index (χ2n) is 3.66. The van der Waals surface area contributed by atoms with E-state index in [-0.39, 0.29) is 5.56 Å². The van der Waals surface area contributed by atoms with Crippen molar-refractivity contribution < 1.29 is 19.4 Å². The third-order valence-electron chi connectivity index (χ3n) is 2.47. The van der Waals surface area contributed by atoms with Crippen molar-refractivity contribution in [2.24, 2.45) is 0 Å². The lowest BCUT2D eigenvalue weighted by Crippen LogP contribution is -1.99. The van der Waals surface area contributed by atoms with Crippen LogP contribution in [-0.4, -0.2) is 16.2 Å². The Morgan fingerprint density at radius 2 is 1.89 bits per heavy atom. The van der Waals surface area contributed by atoms with Crippen molar-refractivity contribution in [3.63, 3.8) is 0 Å². The first-order valence-corrected chi connectivity index (χ1v) is 5.38. The highest BCUT2D eigenvalue weighted by molar-refractivity contribution is 6.31. The molecule has 0 aliphatic heterocycles. The molecule has 0 bridgehead atoms. The van der Waals surface area contributed by atoms with Crippen LogP contribution in [0.4, 0.5) is 4.39 Å². The summed E-state index contributed by atoms with van der Waals surface area (Å²) in [4.78, 5) is 11.1. The molecule has 2 aromatic rings. The molecule has 0 aromatic heterocycles. The highest BCUT2D eigenvalue weighted by atomic mass is 35.5. The molecule has 2 rings (SSSR count). The topological polar surface area (TPSA) is 57.5 Å². The van der Waals surface area contributed by atoms with Gasteiger partial charge in [-0.05, 0) is 41.5 Å². The van der Waals surface area contributed by atoms with Crippen LogP contribution in [0.25, 0.3) is 11.1 Å². The Bertz CT molecular complexity index is 626. The number of halogens is 2. The summed E-state index contributed by atoms with van der Waals surface area (Å²) < 4.78 is 13.3. The average molecular weight is 267 g/mol. The third kappa shape index (κ3) is 2.28. The Morgan fingerprint density at radius 3 is 2.50 bits per heavy atom. The molecule has 0 saturated carbocycles. The maximum Gasteiger partial charge on any atom is 0.336 e. The van der Waals surface area contributed by atoms with Gasteiger partial charge in [-0.1, -0.05) is 17.7 Å². The van der Waals surface area contributed by atoms with E-state index in [1.165, 1.54) is 24.3 Å². The summed E-state index contributed by atoms with van der Waals surface area (Å²) in [7, 11) is 0. The van der Waals surface area contributed by atoms with Gasteiger partial charge in [-0.25, -0.2) is 9.18 Å². The fourth-order valence-electron chi connectivity index (χ4n) is 1.62. The summed E-state index contributed by atoms with van der Waals surface area (Å²) in [6.45, 7) is 0. The van der Waals surface area contributed by atoms with Gasteiger partial charge in [0.05, 0.1) is 5.56 Å². The second kappa shape index (κ2) is 4.66. The summed E-state index contributed by atoms with van der Waals surface area (Å²) in [5.74, 6) is -2.43. The van der Waals surface area contributed by atoms with Gasteiger partial charge >= 0.3 is 5.97 Å². The lowest BCUT2D eigenvalue weighted by Gasteiger charge is -2.07. The largest absolute Gasteiger partial charge is 0.505 e. The number of phenols is 1. The Kier molecular flexibility index (Phi) is 3.21. The monoisotopic (exact) mass is 266 g/mol. The number of hydrogen-bond donors (Lipinski definition) is 2. The summed E-state index contributed by atoms with van der Waals surface area (Å²) in [5, 5.41) is 18.5. The first-order valence-electron chi connectivity index (χ1n) is 5.01. The number of hydrogen-bond acceptors (Lipinski definition) is 2. The molecule has 0 unspecified atom stereocenters. The molecular formula is C13H8ClFO3. The number of rotatable bonds is 2. The molecule has 0 heterocycles. The smallest absolute Gasteiger partial charge is 0.336 e. The first kappa shape index (κ1) is 12.4. The molecule has 0 spiro atoms. The molecule has 92 valence electrons. The lowest BCUT2D eigenvalue weighted by molar-refractivity contribution is 0.0697. The molecule has 2 N–H and O–H groups in total. The minimum atomic E-state index is -1.13. The number of carbonyl (C=O) groups is 1. The van der Waals surface area contributed by atoms with Crippen LogP contribution >= 0.6 is 11.6 Å². The highest BCUT2D eigenvalue weighted by Crippen LogP contribution is 2.29. The average Bonchev–Trinajstić information content (AvgIpc) is 2.32. The molecule has 0 fully saturated rings. The molecule has 0 aliphatic carbocycles. The van der Waals surface area contributed by atoms with Crippen molar-refractivity contribution in [2.45, 2.75) is 0 Å². The molecule has 18 heavy (non-hydrogen) atoms. The Hall–Kier alpha value is -2.07. The van der Waals surface area contributed by atoms with E-state index in [0.29, 0.717) is 16.1 Å². The number of phenolic OH excluding ortho intramolecular Hbond substituents is 1. The summed E-state index contributed by atoms with van der Waals surface area (Å²) in [6, 6.07) is 7.90. The minimum absolute atomic E-state index is 0.0180. The van der Waals surface area contributed by atoms with Crippen molar-refractivity contribution in [3.8, 4) is 16.9 Å². The van der Waals surface area contributed by atoms with Gasteiger partial charge in [-0.15, -0.1) is 0 Å². The summed E-state index contributed by atoms with van der Waals surface area (Å²) in [5.41, 5.74) is 0.656. The van der Waals surface area contributed by atoms with Gasteiger partial charge in [-0.3, -0.25) is 0 Å². The first-order chi connectivity index (χ1) is 8.49. The zero-order valence-corrected chi connectivity index (χ0v) is 9.78. The predicted molar refractivity (Wildman–Crippen MR) is 65.5 cm³/mol. The maximum absolute atomic E-state index is 13.3.